The van der Waals surface area contributed by atoms with Crippen molar-refractivity contribution in [3.63, 3.8) is 0 Å². The zero-order valence-electron chi connectivity index (χ0n) is 17.7. The van der Waals surface area contributed by atoms with E-state index in [2.05, 4.69) is 20.7 Å². The first-order valence-electron chi connectivity index (χ1n) is 10.3. The fourth-order valence-electron chi connectivity index (χ4n) is 3.76. The highest BCUT2D eigenvalue weighted by molar-refractivity contribution is 6.04. The molecule has 2 aromatic heterocycles. The van der Waals surface area contributed by atoms with Crippen LogP contribution in [0.25, 0.3) is 10.9 Å². The van der Waals surface area contributed by atoms with Gasteiger partial charge in [-0.05, 0) is 18.2 Å². The van der Waals surface area contributed by atoms with E-state index in [1.54, 1.807) is 24.3 Å². The topological polar surface area (TPSA) is 135 Å². The average molecular weight is 475 g/mol. The van der Waals surface area contributed by atoms with E-state index in [1.807, 2.05) is 0 Å². The summed E-state index contributed by atoms with van der Waals surface area (Å²) in [4.78, 5) is 42.5. The van der Waals surface area contributed by atoms with E-state index in [4.69, 9.17) is 5.73 Å². The van der Waals surface area contributed by atoms with Crippen LogP contribution in [-0.2, 0) is 22.3 Å². The Morgan fingerprint density at radius 1 is 1.15 bits per heavy atom. The largest absolute Gasteiger partial charge is 0.433 e. The molecule has 1 saturated heterocycles. The number of hydrogen-bond acceptors (Lipinski definition) is 6. The van der Waals surface area contributed by atoms with Crippen molar-refractivity contribution in [1.29, 1.82) is 0 Å². The van der Waals surface area contributed by atoms with Crippen LogP contribution in [0.15, 0.2) is 42.5 Å². The average Bonchev–Trinajstić information content (AvgIpc) is 3.17. The Kier molecular flexibility index (Phi) is 6.20. The maximum atomic E-state index is 13.1. The van der Waals surface area contributed by atoms with E-state index >= 15 is 0 Å². The van der Waals surface area contributed by atoms with Crippen LogP contribution in [0.3, 0.4) is 0 Å². The van der Waals surface area contributed by atoms with Gasteiger partial charge in [0.1, 0.15) is 24.1 Å². The summed E-state index contributed by atoms with van der Waals surface area (Å²) < 4.78 is 40.1. The van der Waals surface area contributed by atoms with Crippen LogP contribution in [0.5, 0.6) is 0 Å². The number of pyridine rings is 1. The molecule has 1 aliphatic rings. The van der Waals surface area contributed by atoms with Crippen LogP contribution >= 0.6 is 0 Å². The van der Waals surface area contributed by atoms with Crippen LogP contribution in [0.1, 0.15) is 16.2 Å². The van der Waals surface area contributed by atoms with Gasteiger partial charge in [0.05, 0.1) is 5.52 Å². The lowest BCUT2D eigenvalue weighted by Crippen LogP contribution is -2.59. The molecule has 3 amide bonds. The molecule has 0 spiro atoms. The van der Waals surface area contributed by atoms with Crippen LogP contribution < -0.4 is 16.4 Å². The SMILES string of the molecule is NC(=O)c1nn(CC(=O)N2CCNCC2C(=O)Nc2cccc(C(F)(F)F)n2)c2ccccc12. The first kappa shape index (κ1) is 23.2. The Balaban J connectivity index is 1.53. The predicted octanol–water partition coefficient (Wildman–Crippen LogP) is 0.988. The number of para-hydroxylation sites is 1. The monoisotopic (exact) mass is 475 g/mol. The molecular weight excluding hydrogens is 455 g/mol. The summed E-state index contributed by atoms with van der Waals surface area (Å²) in [5.41, 5.74) is 4.79. The van der Waals surface area contributed by atoms with E-state index in [1.165, 1.54) is 15.6 Å². The molecule has 10 nitrogen and oxygen atoms in total. The third-order valence-electron chi connectivity index (χ3n) is 5.33. The van der Waals surface area contributed by atoms with Gasteiger partial charge in [-0.2, -0.15) is 18.3 Å². The standard InChI is InChI=1S/C21H20F3N7O3/c22-21(23,24)15-6-3-7-16(27-15)28-20(34)14-10-26-8-9-30(14)17(32)11-31-13-5-2-1-4-12(13)18(29-31)19(25)33/h1-7,14,26H,8-11H2,(H2,25,33)(H,27,28,34). The number of aromatic nitrogens is 3. The minimum absolute atomic E-state index is 0.0219. The Hall–Kier alpha value is -4.00. The molecular formula is C21H20F3N7O3. The van der Waals surface area contributed by atoms with Crippen molar-refractivity contribution in [2.75, 3.05) is 25.0 Å². The van der Waals surface area contributed by atoms with Gasteiger partial charge in [0.15, 0.2) is 5.69 Å². The number of nitrogens with zero attached hydrogens (tertiary/aromatic N) is 4. The number of carbonyl (C=O) groups is 3. The number of alkyl halides is 3. The molecule has 1 fully saturated rings. The molecule has 0 aliphatic carbocycles. The molecule has 0 saturated carbocycles. The molecule has 1 aromatic carbocycles. The van der Waals surface area contributed by atoms with E-state index in [0.29, 0.717) is 17.4 Å². The number of halogens is 3. The van der Waals surface area contributed by atoms with Crippen molar-refractivity contribution >= 4 is 34.4 Å². The molecule has 4 rings (SSSR count). The summed E-state index contributed by atoms with van der Waals surface area (Å²) in [5, 5.41) is 10.00. The molecule has 0 radical (unpaired) electrons. The van der Waals surface area contributed by atoms with Gasteiger partial charge < -0.3 is 21.3 Å². The second kappa shape index (κ2) is 9.09. The first-order chi connectivity index (χ1) is 16.1. The van der Waals surface area contributed by atoms with Gasteiger partial charge in [-0.15, -0.1) is 0 Å². The van der Waals surface area contributed by atoms with E-state index in [-0.39, 0.29) is 31.1 Å². The van der Waals surface area contributed by atoms with Crippen molar-refractivity contribution in [2.24, 2.45) is 5.73 Å². The Bertz CT molecular complexity index is 1260. The molecule has 1 atom stereocenters. The fraction of sp³-hybridized carbons (Fsp3) is 0.286. The maximum Gasteiger partial charge on any atom is 0.433 e. The number of rotatable bonds is 5. The molecule has 3 heterocycles. The minimum Gasteiger partial charge on any atom is -0.364 e. The van der Waals surface area contributed by atoms with Gasteiger partial charge in [-0.25, -0.2) is 4.98 Å². The third kappa shape index (κ3) is 4.69. The summed E-state index contributed by atoms with van der Waals surface area (Å²) >= 11 is 0. The van der Waals surface area contributed by atoms with Gasteiger partial charge in [-0.3, -0.25) is 19.1 Å². The Morgan fingerprint density at radius 3 is 2.65 bits per heavy atom. The first-order valence-corrected chi connectivity index (χ1v) is 10.3. The molecule has 13 heteroatoms. The van der Waals surface area contributed by atoms with Gasteiger partial charge in [0, 0.05) is 25.0 Å². The molecule has 1 unspecified atom stereocenters. The van der Waals surface area contributed by atoms with Crippen LogP contribution in [0, 0.1) is 0 Å². The highest BCUT2D eigenvalue weighted by atomic mass is 19.4. The highest BCUT2D eigenvalue weighted by Gasteiger charge is 2.35. The number of fused-ring (bicyclic) bond motifs is 1. The van der Waals surface area contributed by atoms with E-state index in [0.717, 1.165) is 12.1 Å². The van der Waals surface area contributed by atoms with Crippen molar-refractivity contribution in [2.45, 2.75) is 18.8 Å². The molecule has 4 N–H and O–H groups in total. The second-order valence-corrected chi connectivity index (χ2v) is 7.59. The summed E-state index contributed by atoms with van der Waals surface area (Å²) in [6.07, 6.45) is -4.66. The molecule has 1 aliphatic heterocycles. The summed E-state index contributed by atoms with van der Waals surface area (Å²) in [5.74, 6) is -2.16. The lowest BCUT2D eigenvalue weighted by molar-refractivity contribution is -0.141. The van der Waals surface area contributed by atoms with Gasteiger partial charge >= 0.3 is 6.18 Å². The van der Waals surface area contributed by atoms with Crippen molar-refractivity contribution in [1.82, 2.24) is 25.0 Å². The van der Waals surface area contributed by atoms with Crippen LogP contribution in [0.2, 0.25) is 0 Å². The number of primary amides is 1. The Labute approximate surface area is 190 Å². The van der Waals surface area contributed by atoms with Gasteiger partial charge in [0.2, 0.25) is 11.8 Å². The number of nitrogens with two attached hydrogens (primary N) is 1. The normalized spacial score (nSPS) is 16.4. The molecule has 3 aromatic rings. The predicted molar refractivity (Wildman–Crippen MR) is 114 cm³/mol. The van der Waals surface area contributed by atoms with E-state index < -0.39 is 35.6 Å². The smallest absolute Gasteiger partial charge is 0.364 e. The number of nitrogens with one attached hydrogen (secondary N) is 2. The zero-order chi connectivity index (χ0) is 24.5. The van der Waals surface area contributed by atoms with Gasteiger partial charge in [0.25, 0.3) is 5.91 Å². The third-order valence-corrected chi connectivity index (χ3v) is 5.33. The number of benzene rings is 1. The van der Waals surface area contributed by atoms with Crippen LogP contribution in [0.4, 0.5) is 19.0 Å². The van der Waals surface area contributed by atoms with Crippen molar-refractivity contribution in [3.8, 4) is 0 Å². The summed E-state index contributed by atoms with van der Waals surface area (Å²) in [6, 6.07) is 8.94. The lowest BCUT2D eigenvalue weighted by atomic mass is 10.1. The molecule has 178 valence electrons. The van der Waals surface area contributed by atoms with E-state index in [9.17, 15) is 27.6 Å². The van der Waals surface area contributed by atoms with Crippen LogP contribution in [-0.4, -0.2) is 63.1 Å². The van der Waals surface area contributed by atoms with Crippen molar-refractivity contribution in [3.05, 3.63) is 53.9 Å². The number of anilines is 1. The quantitative estimate of drug-likeness (QED) is 0.504. The zero-order valence-corrected chi connectivity index (χ0v) is 17.7. The lowest BCUT2D eigenvalue weighted by Gasteiger charge is -2.35. The minimum atomic E-state index is -4.66. The summed E-state index contributed by atoms with van der Waals surface area (Å²) in [7, 11) is 0. The number of hydrogen-bond donors (Lipinski definition) is 3. The fourth-order valence-corrected chi connectivity index (χ4v) is 3.76. The molecule has 34 heavy (non-hydrogen) atoms. The van der Waals surface area contributed by atoms with Crippen molar-refractivity contribution < 1.29 is 27.6 Å². The van der Waals surface area contributed by atoms with Gasteiger partial charge in [-0.1, -0.05) is 24.3 Å². The Morgan fingerprint density at radius 2 is 1.91 bits per heavy atom. The number of amides is 3. The molecule has 0 bridgehead atoms. The second-order valence-electron chi connectivity index (χ2n) is 7.59. The highest BCUT2D eigenvalue weighted by Crippen LogP contribution is 2.28. The number of piperazine rings is 1. The number of carbonyl (C=O) groups excluding carboxylic acids is 3. The maximum absolute atomic E-state index is 13.1. The summed E-state index contributed by atoms with van der Waals surface area (Å²) in [6.45, 7) is 0.445.